The molecule has 0 aliphatic carbocycles. The number of hydrogen-bond acceptors (Lipinski definition) is 4. The molecule has 0 radical (unpaired) electrons. The molecule has 1 N–H and O–H groups in total. The molecule has 0 saturated heterocycles. The van der Waals surface area contributed by atoms with Crippen molar-refractivity contribution >= 4 is 11.8 Å². The molecule has 0 heterocycles. The summed E-state index contributed by atoms with van der Waals surface area (Å²) in [4.78, 5) is 22.3. The second-order valence-electron chi connectivity index (χ2n) is 4.45. The second-order valence-corrected chi connectivity index (χ2v) is 4.45. The molecular weight excluding hydrogens is 196 g/mol. The van der Waals surface area contributed by atoms with Crippen LogP contribution in [0, 0.1) is 5.41 Å². The maximum atomic E-state index is 11.3. The first-order valence-corrected chi connectivity index (χ1v) is 4.87. The highest BCUT2D eigenvalue weighted by atomic mass is 16.5. The Bertz CT molecular complexity index is 271. The van der Waals surface area contributed by atoms with Gasteiger partial charge in [-0.1, -0.05) is 20.8 Å². The first-order chi connectivity index (χ1) is 6.76. The van der Waals surface area contributed by atoms with Gasteiger partial charge in [-0.25, -0.2) is 4.79 Å². The van der Waals surface area contributed by atoms with Crippen LogP contribution in [0.3, 0.4) is 0 Å². The lowest BCUT2D eigenvalue weighted by atomic mass is 9.90. The van der Waals surface area contributed by atoms with E-state index in [1.807, 2.05) is 20.8 Å². The number of ketones is 1. The van der Waals surface area contributed by atoms with E-state index in [2.05, 4.69) is 4.74 Å². The van der Waals surface area contributed by atoms with Crippen LogP contribution in [0.25, 0.3) is 0 Å². The van der Waals surface area contributed by atoms with E-state index in [1.54, 1.807) is 6.92 Å². The van der Waals surface area contributed by atoms with E-state index in [-0.39, 0.29) is 24.2 Å². The average Bonchev–Trinajstić information content (AvgIpc) is 2.00. The number of esters is 1. The third-order valence-corrected chi connectivity index (χ3v) is 1.49. The molecule has 4 nitrogen and oxygen atoms in total. The summed E-state index contributed by atoms with van der Waals surface area (Å²) < 4.78 is 4.53. The maximum Gasteiger partial charge on any atom is 0.373 e. The molecule has 86 valence electrons. The number of hydrogen-bond donors (Lipinski definition) is 1. The highest BCUT2D eigenvalue weighted by molar-refractivity contribution is 5.98. The smallest absolute Gasteiger partial charge is 0.373 e. The minimum absolute atomic E-state index is 0.164. The van der Waals surface area contributed by atoms with Crippen molar-refractivity contribution in [1.29, 1.82) is 0 Å². The Kier molecular flexibility index (Phi) is 5.05. The van der Waals surface area contributed by atoms with Crippen LogP contribution in [0.15, 0.2) is 11.8 Å². The highest BCUT2D eigenvalue weighted by Gasteiger charge is 2.17. The van der Waals surface area contributed by atoms with Gasteiger partial charge in [-0.05, 0) is 12.3 Å². The van der Waals surface area contributed by atoms with Gasteiger partial charge in [0.05, 0.1) is 6.61 Å². The molecule has 0 unspecified atom stereocenters. The topological polar surface area (TPSA) is 63.6 Å². The Balaban J connectivity index is 4.36. The van der Waals surface area contributed by atoms with Crippen molar-refractivity contribution in [2.45, 2.75) is 34.1 Å². The molecule has 4 heteroatoms. The molecule has 0 aromatic heterocycles. The van der Waals surface area contributed by atoms with E-state index < -0.39 is 11.7 Å². The molecule has 0 aliphatic rings. The van der Waals surface area contributed by atoms with Crippen LogP contribution >= 0.6 is 0 Å². The summed E-state index contributed by atoms with van der Waals surface area (Å²) in [5.41, 5.74) is -0.164. The zero-order valence-corrected chi connectivity index (χ0v) is 9.66. The number of ether oxygens (including phenoxy) is 1. The fraction of sp³-hybridized carbons (Fsp3) is 0.636. The fourth-order valence-electron chi connectivity index (χ4n) is 0.990. The molecule has 0 aliphatic heterocycles. The fourth-order valence-corrected chi connectivity index (χ4v) is 0.990. The monoisotopic (exact) mass is 214 g/mol. The Hall–Kier alpha value is -1.32. The van der Waals surface area contributed by atoms with Crippen molar-refractivity contribution in [2.75, 3.05) is 6.61 Å². The van der Waals surface area contributed by atoms with Gasteiger partial charge in [0.2, 0.25) is 5.76 Å². The van der Waals surface area contributed by atoms with Crippen molar-refractivity contribution in [2.24, 2.45) is 5.41 Å². The minimum atomic E-state index is -0.861. The molecule has 0 fully saturated rings. The number of allylic oxidation sites excluding steroid dienone is 1. The standard InChI is InChI=1S/C11H18O4/c1-5-15-10(14)9(13)6-8(12)7-11(2,3)4/h6,13H,5,7H2,1-4H3/b9-6+. The van der Waals surface area contributed by atoms with Gasteiger partial charge >= 0.3 is 5.97 Å². The van der Waals surface area contributed by atoms with Gasteiger partial charge in [-0.15, -0.1) is 0 Å². The molecule has 15 heavy (non-hydrogen) atoms. The SMILES string of the molecule is CCOC(=O)/C(O)=C\C(=O)CC(C)(C)C. The van der Waals surface area contributed by atoms with Crippen molar-refractivity contribution in [3.8, 4) is 0 Å². The quantitative estimate of drug-likeness (QED) is 0.441. The molecule has 0 spiro atoms. The van der Waals surface area contributed by atoms with Gasteiger partial charge < -0.3 is 9.84 Å². The van der Waals surface area contributed by atoms with Crippen LogP contribution in [0.5, 0.6) is 0 Å². The predicted octanol–water partition coefficient (Wildman–Crippen LogP) is 2.00. The van der Waals surface area contributed by atoms with Crippen molar-refractivity contribution in [3.63, 3.8) is 0 Å². The first-order valence-electron chi connectivity index (χ1n) is 4.87. The molecule has 0 saturated carbocycles. The Labute approximate surface area is 89.9 Å². The number of carbonyl (C=O) groups excluding carboxylic acids is 2. The summed E-state index contributed by atoms with van der Waals surface area (Å²) in [7, 11) is 0. The summed E-state index contributed by atoms with van der Waals surface area (Å²) in [6, 6.07) is 0. The third kappa shape index (κ3) is 6.71. The van der Waals surface area contributed by atoms with Crippen LogP contribution in [0.4, 0.5) is 0 Å². The summed E-state index contributed by atoms with van der Waals surface area (Å²) in [6.45, 7) is 7.51. The molecule has 0 amide bonds. The normalized spacial score (nSPS) is 12.4. The van der Waals surface area contributed by atoms with Gasteiger partial charge in [0.15, 0.2) is 5.78 Å². The van der Waals surface area contributed by atoms with E-state index in [0.717, 1.165) is 6.08 Å². The minimum Gasteiger partial charge on any atom is -0.502 e. The lowest BCUT2D eigenvalue weighted by Gasteiger charge is -2.15. The predicted molar refractivity (Wildman–Crippen MR) is 56.4 cm³/mol. The second kappa shape index (κ2) is 5.53. The lowest BCUT2D eigenvalue weighted by Crippen LogP contribution is -2.14. The van der Waals surface area contributed by atoms with E-state index in [1.165, 1.54) is 0 Å². The molecule has 0 aromatic carbocycles. The largest absolute Gasteiger partial charge is 0.502 e. The molecule has 0 atom stereocenters. The molecule has 0 aromatic rings. The summed E-state index contributed by atoms with van der Waals surface area (Å²) in [6.07, 6.45) is 1.19. The lowest BCUT2D eigenvalue weighted by molar-refractivity contribution is -0.141. The Morgan fingerprint density at radius 2 is 1.87 bits per heavy atom. The zero-order chi connectivity index (χ0) is 12.1. The zero-order valence-electron chi connectivity index (χ0n) is 9.66. The van der Waals surface area contributed by atoms with E-state index in [9.17, 15) is 14.7 Å². The summed E-state index contributed by atoms with van der Waals surface area (Å²) >= 11 is 0. The van der Waals surface area contributed by atoms with Crippen LogP contribution in [-0.2, 0) is 14.3 Å². The van der Waals surface area contributed by atoms with Crippen LogP contribution < -0.4 is 0 Å². The van der Waals surface area contributed by atoms with E-state index in [4.69, 9.17) is 0 Å². The molecule has 0 rings (SSSR count). The number of aliphatic hydroxyl groups is 1. The molecular formula is C11H18O4. The van der Waals surface area contributed by atoms with E-state index in [0.29, 0.717) is 0 Å². The summed E-state index contributed by atoms with van der Waals surface area (Å²) in [5.74, 6) is -1.78. The van der Waals surface area contributed by atoms with Gasteiger partial charge in [-0.2, -0.15) is 0 Å². The maximum absolute atomic E-state index is 11.3. The van der Waals surface area contributed by atoms with Crippen molar-refractivity contribution in [1.82, 2.24) is 0 Å². The number of carbonyl (C=O) groups is 2. The van der Waals surface area contributed by atoms with E-state index >= 15 is 0 Å². The van der Waals surface area contributed by atoms with Crippen molar-refractivity contribution < 1.29 is 19.4 Å². The number of aliphatic hydroxyl groups excluding tert-OH is 1. The third-order valence-electron chi connectivity index (χ3n) is 1.49. The van der Waals surface area contributed by atoms with Crippen molar-refractivity contribution in [3.05, 3.63) is 11.8 Å². The Morgan fingerprint density at radius 1 is 1.33 bits per heavy atom. The van der Waals surface area contributed by atoms with Gasteiger partial charge in [0, 0.05) is 12.5 Å². The first kappa shape index (κ1) is 13.7. The van der Waals surface area contributed by atoms with Crippen LogP contribution in [0.2, 0.25) is 0 Å². The number of rotatable bonds is 4. The van der Waals surface area contributed by atoms with Gasteiger partial charge in [-0.3, -0.25) is 4.79 Å². The van der Waals surface area contributed by atoms with Gasteiger partial charge in [0.25, 0.3) is 0 Å². The van der Waals surface area contributed by atoms with Gasteiger partial charge in [0.1, 0.15) is 0 Å². The van der Waals surface area contributed by atoms with Crippen LogP contribution in [0.1, 0.15) is 34.1 Å². The highest BCUT2D eigenvalue weighted by Crippen LogP contribution is 2.19. The average molecular weight is 214 g/mol. The Morgan fingerprint density at radius 3 is 2.27 bits per heavy atom. The van der Waals surface area contributed by atoms with Crippen LogP contribution in [-0.4, -0.2) is 23.5 Å². The molecule has 0 bridgehead atoms. The summed E-state index contributed by atoms with van der Waals surface area (Å²) in [5, 5.41) is 9.18.